The molecule has 0 bridgehead atoms. The highest BCUT2D eigenvalue weighted by Crippen LogP contribution is 2.20. The fourth-order valence-electron chi connectivity index (χ4n) is 2.37. The zero-order valence-corrected chi connectivity index (χ0v) is 12.4. The minimum absolute atomic E-state index is 0.253. The Morgan fingerprint density at radius 3 is 2.94 bits per heavy atom. The van der Waals surface area contributed by atoms with E-state index < -0.39 is 0 Å². The first-order chi connectivity index (χ1) is 8.56. The smallest absolute Gasteiger partial charge is 0.222 e. The average molecular weight is 311 g/mol. The van der Waals surface area contributed by atoms with Crippen LogP contribution in [0.25, 0.3) is 0 Å². The maximum atomic E-state index is 11.4. The van der Waals surface area contributed by atoms with Crippen LogP contribution in [0.15, 0.2) is 28.7 Å². The molecule has 1 fully saturated rings. The van der Waals surface area contributed by atoms with Crippen molar-refractivity contribution in [3.05, 3.63) is 34.3 Å². The molecular weight excluding hydrogens is 292 g/mol. The molecule has 0 radical (unpaired) electrons. The number of hydrogen-bond acceptors (Lipinski definition) is 2. The standard InChI is InChI=1S/C14H19BrN2O/c1-10(11-4-3-5-12(15)8-11)16-13-6-7-14(18)17(2)9-13/h3-5,8,10,13,16H,6-7,9H2,1-2H3. The molecule has 1 heterocycles. The van der Waals surface area contributed by atoms with Gasteiger partial charge in [-0.2, -0.15) is 0 Å². The van der Waals surface area contributed by atoms with Crippen molar-refractivity contribution in [3.63, 3.8) is 0 Å². The highest BCUT2D eigenvalue weighted by atomic mass is 79.9. The molecule has 0 saturated carbocycles. The molecule has 1 N–H and O–H groups in total. The van der Waals surface area contributed by atoms with Crippen molar-refractivity contribution in [2.75, 3.05) is 13.6 Å². The average Bonchev–Trinajstić information content (AvgIpc) is 2.34. The molecule has 1 aliphatic rings. The first-order valence-electron chi connectivity index (χ1n) is 6.31. The van der Waals surface area contributed by atoms with Gasteiger partial charge in [0.1, 0.15) is 0 Å². The predicted molar refractivity (Wildman–Crippen MR) is 76.4 cm³/mol. The molecule has 0 aromatic heterocycles. The largest absolute Gasteiger partial charge is 0.344 e. The highest BCUT2D eigenvalue weighted by molar-refractivity contribution is 9.10. The van der Waals surface area contributed by atoms with Crippen molar-refractivity contribution in [2.45, 2.75) is 31.8 Å². The molecular formula is C14H19BrN2O. The van der Waals surface area contributed by atoms with Gasteiger partial charge in [0.15, 0.2) is 0 Å². The summed E-state index contributed by atoms with van der Waals surface area (Å²) in [4.78, 5) is 13.2. The summed E-state index contributed by atoms with van der Waals surface area (Å²) < 4.78 is 1.10. The molecule has 2 rings (SSSR count). The van der Waals surface area contributed by atoms with Gasteiger partial charge in [0.25, 0.3) is 0 Å². The molecule has 4 heteroatoms. The third kappa shape index (κ3) is 3.33. The second-order valence-corrected chi connectivity index (χ2v) is 5.87. The number of rotatable bonds is 3. The van der Waals surface area contributed by atoms with Gasteiger partial charge in [0.2, 0.25) is 5.91 Å². The molecule has 0 aliphatic carbocycles. The van der Waals surface area contributed by atoms with E-state index in [9.17, 15) is 4.79 Å². The fourth-order valence-corrected chi connectivity index (χ4v) is 2.79. The first kappa shape index (κ1) is 13.6. The van der Waals surface area contributed by atoms with Crippen LogP contribution in [0.3, 0.4) is 0 Å². The Kier molecular flexibility index (Phi) is 4.40. The number of likely N-dealkylation sites (tertiary alicyclic amines) is 1. The topological polar surface area (TPSA) is 32.3 Å². The van der Waals surface area contributed by atoms with Crippen LogP contribution in [-0.4, -0.2) is 30.4 Å². The molecule has 1 aliphatic heterocycles. The molecule has 18 heavy (non-hydrogen) atoms. The molecule has 3 nitrogen and oxygen atoms in total. The number of nitrogens with zero attached hydrogens (tertiary/aromatic N) is 1. The molecule has 1 saturated heterocycles. The van der Waals surface area contributed by atoms with Crippen LogP contribution in [-0.2, 0) is 4.79 Å². The summed E-state index contributed by atoms with van der Waals surface area (Å²) in [5, 5.41) is 3.60. The van der Waals surface area contributed by atoms with Crippen LogP contribution in [0.4, 0.5) is 0 Å². The van der Waals surface area contributed by atoms with E-state index in [1.54, 1.807) is 0 Å². The Labute approximate surface area is 117 Å². The monoisotopic (exact) mass is 310 g/mol. The Morgan fingerprint density at radius 2 is 2.28 bits per heavy atom. The summed E-state index contributed by atoms with van der Waals surface area (Å²) in [6.45, 7) is 2.97. The van der Waals surface area contributed by atoms with Crippen LogP contribution in [0.1, 0.15) is 31.4 Å². The Hall–Kier alpha value is -0.870. The summed E-state index contributed by atoms with van der Waals surface area (Å²) in [6.07, 6.45) is 1.58. The van der Waals surface area contributed by atoms with Crippen molar-refractivity contribution in [3.8, 4) is 0 Å². The second-order valence-electron chi connectivity index (χ2n) is 4.95. The number of carbonyl (C=O) groups is 1. The van der Waals surface area contributed by atoms with Crippen LogP contribution in [0, 0.1) is 0 Å². The maximum absolute atomic E-state index is 11.4. The number of carbonyl (C=O) groups excluding carboxylic acids is 1. The number of nitrogens with one attached hydrogen (secondary N) is 1. The van der Waals surface area contributed by atoms with Crippen molar-refractivity contribution >= 4 is 21.8 Å². The van der Waals surface area contributed by atoms with Gasteiger partial charge < -0.3 is 10.2 Å². The summed E-state index contributed by atoms with van der Waals surface area (Å²) in [7, 11) is 1.87. The van der Waals surface area contributed by atoms with E-state index in [2.05, 4.69) is 40.3 Å². The number of likely N-dealkylation sites (N-methyl/N-ethyl adjacent to an activating group) is 1. The third-order valence-corrected chi connectivity index (χ3v) is 3.95. The number of benzene rings is 1. The Morgan fingerprint density at radius 1 is 1.50 bits per heavy atom. The van der Waals surface area contributed by atoms with Crippen LogP contribution in [0.2, 0.25) is 0 Å². The van der Waals surface area contributed by atoms with E-state index in [0.717, 1.165) is 17.4 Å². The number of amides is 1. The lowest BCUT2D eigenvalue weighted by molar-refractivity contribution is -0.132. The van der Waals surface area contributed by atoms with Crippen LogP contribution in [0.5, 0.6) is 0 Å². The van der Waals surface area contributed by atoms with E-state index >= 15 is 0 Å². The number of hydrogen-bond donors (Lipinski definition) is 1. The van der Waals surface area contributed by atoms with E-state index in [-0.39, 0.29) is 5.91 Å². The van der Waals surface area contributed by atoms with Crippen molar-refractivity contribution in [1.29, 1.82) is 0 Å². The molecule has 1 aromatic rings. The van der Waals surface area contributed by atoms with Crippen molar-refractivity contribution < 1.29 is 4.79 Å². The Balaban J connectivity index is 1.95. The number of piperidine rings is 1. The van der Waals surface area contributed by atoms with Crippen molar-refractivity contribution in [2.24, 2.45) is 0 Å². The second kappa shape index (κ2) is 5.85. The van der Waals surface area contributed by atoms with E-state index in [1.807, 2.05) is 24.1 Å². The van der Waals surface area contributed by atoms with Gasteiger partial charge in [-0.1, -0.05) is 28.1 Å². The molecule has 2 atom stereocenters. The molecule has 1 aromatic carbocycles. The van der Waals surface area contributed by atoms with Gasteiger partial charge in [0.05, 0.1) is 0 Å². The van der Waals surface area contributed by atoms with Gasteiger partial charge in [-0.25, -0.2) is 0 Å². The van der Waals surface area contributed by atoms with Gasteiger partial charge in [-0.15, -0.1) is 0 Å². The molecule has 2 unspecified atom stereocenters. The van der Waals surface area contributed by atoms with Crippen LogP contribution < -0.4 is 5.32 Å². The van der Waals surface area contributed by atoms with E-state index in [1.165, 1.54) is 5.56 Å². The quantitative estimate of drug-likeness (QED) is 0.931. The summed E-state index contributed by atoms with van der Waals surface area (Å²) >= 11 is 3.49. The minimum atomic E-state index is 0.253. The zero-order valence-electron chi connectivity index (χ0n) is 10.8. The lowest BCUT2D eigenvalue weighted by Crippen LogP contribution is -2.47. The predicted octanol–water partition coefficient (Wildman–Crippen LogP) is 2.72. The van der Waals surface area contributed by atoms with Gasteiger partial charge in [-0.3, -0.25) is 4.79 Å². The summed E-state index contributed by atoms with van der Waals surface area (Å²) in [6, 6.07) is 9.03. The summed E-state index contributed by atoms with van der Waals surface area (Å²) in [5.41, 5.74) is 1.27. The lowest BCUT2D eigenvalue weighted by Gasteiger charge is -2.32. The Bertz CT molecular complexity index is 436. The SMILES string of the molecule is CC(NC1CCC(=O)N(C)C1)c1cccc(Br)c1. The molecule has 1 amide bonds. The number of halogens is 1. The lowest BCUT2D eigenvalue weighted by atomic mass is 10.0. The first-order valence-corrected chi connectivity index (χ1v) is 7.11. The molecule has 98 valence electrons. The van der Waals surface area contributed by atoms with E-state index in [0.29, 0.717) is 18.5 Å². The third-order valence-electron chi connectivity index (χ3n) is 3.46. The minimum Gasteiger partial charge on any atom is -0.344 e. The van der Waals surface area contributed by atoms with Gasteiger partial charge in [0, 0.05) is 36.6 Å². The van der Waals surface area contributed by atoms with Crippen LogP contribution >= 0.6 is 15.9 Å². The van der Waals surface area contributed by atoms with Gasteiger partial charge >= 0.3 is 0 Å². The summed E-state index contributed by atoms with van der Waals surface area (Å²) in [5.74, 6) is 0.253. The van der Waals surface area contributed by atoms with E-state index in [4.69, 9.17) is 0 Å². The zero-order chi connectivity index (χ0) is 13.1. The van der Waals surface area contributed by atoms with Crippen molar-refractivity contribution in [1.82, 2.24) is 10.2 Å². The highest BCUT2D eigenvalue weighted by Gasteiger charge is 2.23. The fraction of sp³-hybridized carbons (Fsp3) is 0.500. The van der Waals surface area contributed by atoms with Gasteiger partial charge in [-0.05, 0) is 31.0 Å². The normalized spacial score (nSPS) is 22.1. The molecule has 0 spiro atoms. The maximum Gasteiger partial charge on any atom is 0.222 e.